The first-order valence-corrected chi connectivity index (χ1v) is 10.4. The Labute approximate surface area is 176 Å². The maximum Gasteiger partial charge on any atom is 0.204 e. The topological polar surface area (TPSA) is 78.1 Å². The van der Waals surface area contributed by atoms with Crippen molar-refractivity contribution in [2.75, 3.05) is 0 Å². The first-order chi connectivity index (χ1) is 14.8. The van der Waals surface area contributed by atoms with Crippen molar-refractivity contribution < 1.29 is 4.84 Å². The van der Waals surface area contributed by atoms with E-state index in [1.54, 1.807) is 11.7 Å². The highest BCUT2D eigenvalue weighted by atomic mass is 16.6. The molecule has 0 atom stereocenters. The molecule has 0 bridgehead atoms. The minimum Gasteiger partial charge on any atom is -0.389 e. The predicted molar refractivity (Wildman–Crippen MR) is 116 cm³/mol. The van der Waals surface area contributed by atoms with Crippen LogP contribution in [0.1, 0.15) is 54.9 Å². The van der Waals surface area contributed by atoms with Gasteiger partial charge in [0.05, 0.1) is 11.4 Å². The quantitative estimate of drug-likeness (QED) is 0.438. The van der Waals surface area contributed by atoms with Crippen molar-refractivity contribution in [3.63, 3.8) is 0 Å². The molecule has 0 spiro atoms. The molecule has 1 fully saturated rings. The number of aryl methyl sites for hydroxylation is 1. The smallest absolute Gasteiger partial charge is 0.204 e. The Morgan fingerprint density at radius 1 is 1.10 bits per heavy atom. The van der Waals surface area contributed by atoms with Gasteiger partial charge < -0.3 is 4.84 Å². The van der Waals surface area contributed by atoms with Gasteiger partial charge in [-0.1, -0.05) is 66.9 Å². The summed E-state index contributed by atoms with van der Waals surface area (Å²) in [4.78, 5) is 10.3. The van der Waals surface area contributed by atoms with Crippen molar-refractivity contribution in [1.29, 1.82) is 0 Å². The van der Waals surface area contributed by atoms with Crippen molar-refractivity contribution >= 4 is 11.8 Å². The highest BCUT2D eigenvalue weighted by molar-refractivity contribution is 6.10. The Hall–Kier alpha value is -3.35. The van der Waals surface area contributed by atoms with Gasteiger partial charge in [-0.25, -0.2) is 9.67 Å². The van der Waals surface area contributed by atoms with E-state index in [0.717, 1.165) is 17.0 Å². The zero-order valence-electron chi connectivity index (χ0n) is 17.2. The number of hydrogen-bond donors (Lipinski definition) is 0. The number of benzene rings is 1. The van der Waals surface area contributed by atoms with Crippen LogP contribution in [0.15, 0.2) is 59.8 Å². The summed E-state index contributed by atoms with van der Waals surface area (Å²) in [6, 6.07) is 15.7. The highest BCUT2D eigenvalue weighted by Gasteiger charge is 2.15. The van der Waals surface area contributed by atoms with E-state index in [9.17, 15) is 0 Å². The van der Waals surface area contributed by atoms with Gasteiger partial charge in [0.15, 0.2) is 12.3 Å². The summed E-state index contributed by atoms with van der Waals surface area (Å²) in [5.74, 6) is 1.22. The number of tetrazole rings is 1. The second-order valence-corrected chi connectivity index (χ2v) is 7.52. The van der Waals surface area contributed by atoms with Gasteiger partial charge in [0.1, 0.15) is 0 Å². The number of hydrogen-bond acceptors (Lipinski definition) is 6. The lowest BCUT2D eigenvalue weighted by molar-refractivity contribution is 0.128. The fourth-order valence-electron chi connectivity index (χ4n) is 3.64. The summed E-state index contributed by atoms with van der Waals surface area (Å²) < 4.78 is 1.57. The van der Waals surface area contributed by atoms with E-state index in [1.807, 2.05) is 48.5 Å². The molecular formula is C23H26N6O. The van der Waals surface area contributed by atoms with Crippen LogP contribution in [0.25, 0.3) is 6.08 Å². The Bertz CT molecular complexity index is 1010. The van der Waals surface area contributed by atoms with Gasteiger partial charge in [-0.05, 0) is 47.4 Å². The van der Waals surface area contributed by atoms with Crippen molar-refractivity contribution in [2.24, 2.45) is 18.1 Å². The van der Waals surface area contributed by atoms with E-state index in [-0.39, 0.29) is 6.61 Å². The van der Waals surface area contributed by atoms with Crippen LogP contribution in [0, 0.1) is 5.92 Å². The molecule has 0 radical (unpaired) electrons. The Morgan fingerprint density at radius 2 is 1.93 bits per heavy atom. The molecule has 30 heavy (non-hydrogen) atoms. The maximum atomic E-state index is 5.66. The van der Waals surface area contributed by atoms with Gasteiger partial charge in [0, 0.05) is 12.6 Å². The third-order valence-corrected chi connectivity index (χ3v) is 5.26. The number of pyridine rings is 1. The fraction of sp³-hybridized carbons (Fsp3) is 0.348. The van der Waals surface area contributed by atoms with E-state index >= 15 is 0 Å². The molecule has 0 amide bonds. The molecule has 1 aliphatic carbocycles. The molecule has 7 heteroatoms. The van der Waals surface area contributed by atoms with Crippen LogP contribution in [-0.4, -0.2) is 30.9 Å². The standard InChI is InChI=1S/C23H26N6O/c1-29-23(25-27-28-29)22(19-11-6-3-7-12-19)26-30-17-21-14-8-13-20(24-21)16-15-18-9-4-2-5-10-18/h3,6-8,11-16,18H,2,4-5,9-10,17H2,1H3. The lowest BCUT2D eigenvalue weighted by atomic mass is 9.89. The number of aromatic nitrogens is 5. The van der Waals surface area contributed by atoms with Crippen LogP contribution >= 0.6 is 0 Å². The van der Waals surface area contributed by atoms with Gasteiger partial charge in [-0.2, -0.15) is 0 Å². The van der Waals surface area contributed by atoms with Crippen LogP contribution in [0.2, 0.25) is 0 Å². The third-order valence-electron chi connectivity index (χ3n) is 5.26. The Morgan fingerprint density at radius 3 is 2.70 bits per heavy atom. The molecule has 7 nitrogen and oxygen atoms in total. The minimum atomic E-state index is 0.271. The van der Waals surface area contributed by atoms with Crippen LogP contribution in [0.5, 0.6) is 0 Å². The number of rotatable bonds is 7. The Balaban J connectivity index is 1.45. The molecule has 4 rings (SSSR count). The second-order valence-electron chi connectivity index (χ2n) is 7.52. The largest absolute Gasteiger partial charge is 0.389 e. The second kappa shape index (κ2) is 9.91. The number of allylic oxidation sites excluding steroid dienone is 1. The van der Waals surface area contributed by atoms with Gasteiger partial charge >= 0.3 is 0 Å². The lowest BCUT2D eigenvalue weighted by Crippen LogP contribution is -2.12. The average Bonchev–Trinajstić information content (AvgIpc) is 3.22. The highest BCUT2D eigenvalue weighted by Crippen LogP contribution is 2.25. The van der Waals surface area contributed by atoms with E-state index < -0.39 is 0 Å². The molecule has 2 aromatic heterocycles. The van der Waals surface area contributed by atoms with Gasteiger partial charge in [-0.15, -0.1) is 5.10 Å². The molecule has 1 aliphatic rings. The van der Waals surface area contributed by atoms with Crippen molar-refractivity contribution in [3.8, 4) is 0 Å². The van der Waals surface area contributed by atoms with E-state index in [4.69, 9.17) is 4.84 Å². The van der Waals surface area contributed by atoms with Crippen LogP contribution in [0.3, 0.4) is 0 Å². The summed E-state index contributed by atoms with van der Waals surface area (Å²) in [5, 5.41) is 16.0. The van der Waals surface area contributed by atoms with Crippen molar-refractivity contribution in [2.45, 2.75) is 38.7 Å². The fourth-order valence-corrected chi connectivity index (χ4v) is 3.64. The zero-order chi connectivity index (χ0) is 20.6. The first-order valence-electron chi connectivity index (χ1n) is 10.4. The average molecular weight is 403 g/mol. The van der Waals surface area contributed by atoms with Crippen LogP contribution in [-0.2, 0) is 18.5 Å². The number of oxime groups is 1. The molecule has 0 N–H and O–H groups in total. The van der Waals surface area contributed by atoms with Crippen molar-refractivity contribution in [3.05, 3.63) is 77.4 Å². The normalized spacial score (nSPS) is 15.6. The summed E-state index contributed by atoms with van der Waals surface area (Å²) >= 11 is 0. The molecule has 1 aromatic carbocycles. The van der Waals surface area contributed by atoms with Gasteiger partial charge in [0.2, 0.25) is 5.82 Å². The summed E-state index contributed by atoms with van der Waals surface area (Å²) in [6.07, 6.45) is 11.0. The summed E-state index contributed by atoms with van der Waals surface area (Å²) in [6.45, 7) is 0.271. The monoisotopic (exact) mass is 402 g/mol. The van der Waals surface area contributed by atoms with Crippen LogP contribution < -0.4 is 0 Å². The van der Waals surface area contributed by atoms with E-state index in [1.165, 1.54) is 32.1 Å². The zero-order valence-corrected chi connectivity index (χ0v) is 17.2. The van der Waals surface area contributed by atoms with Gasteiger partial charge in [0.25, 0.3) is 0 Å². The first kappa shape index (κ1) is 19.9. The summed E-state index contributed by atoms with van der Waals surface area (Å²) in [7, 11) is 1.78. The Kier molecular flexibility index (Phi) is 6.59. The van der Waals surface area contributed by atoms with Crippen molar-refractivity contribution in [1.82, 2.24) is 25.2 Å². The molecule has 0 saturated heterocycles. The molecule has 0 aliphatic heterocycles. The molecule has 154 valence electrons. The van der Waals surface area contributed by atoms with E-state index in [0.29, 0.717) is 17.5 Å². The third kappa shape index (κ3) is 5.17. The molecule has 0 unspecified atom stereocenters. The van der Waals surface area contributed by atoms with Crippen LogP contribution in [0.4, 0.5) is 0 Å². The molecule has 1 saturated carbocycles. The summed E-state index contributed by atoms with van der Waals surface area (Å²) in [5.41, 5.74) is 3.24. The maximum absolute atomic E-state index is 5.66. The lowest BCUT2D eigenvalue weighted by Gasteiger charge is -2.17. The minimum absolute atomic E-state index is 0.271. The van der Waals surface area contributed by atoms with E-state index in [2.05, 4.69) is 37.8 Å². The van der Waals surface area contributed by atoms with Gasteiger partial charge in [-0.3, -0.25) is 0 Å². The molecular weight excluding hydrogens is 376 g/mol. The number of nitrogens with zero attached hydrogens (tertiary/aromatic N) is 6. The SMILES string of the molecule is Cn1nnnc1C(=NOCc1cccc(C=CC2CCCCC2)n1)c1ccccc1. The predicted octanol–water partition coefficient (Wildman–Crippen LogP) is 4.17. The molecule has 2 heterocycles. The molecule has 3 aromatic rings.